The highest BCUT2D eigenvalue weighted by atomic mass is 32.2. The summed E-state index contributed by atoms with van der Waals surface area (Å²) in [6.07, 6.45) is 1.03. The van der Waals surface area contributed by atoms with Crippen molar-refractivity contribution >= 4 is 17.7 Å². The molecule has 1 aromatic carbocycles. The quantitative estimate of drug-likeness (QED) is 0.868. The van der Waals surface area contributed by atoms with Gasteiger partial charge >= 0.3 is 0 Å². The predicted octanol–water partition coefficient (Wildman–Crippen LogP) is 2.71. The molecule has 1 aliphatic heterocycles. The zero-order valence-corrected chi connectivity index (χ0v) is 13.0. The van der Waals surface area contributed by atoms with Gasteiger partial charge in [-0.25, -0.2) is 0 Å². The minimum Gasteiger partial charge on any atom is -0.393 e. The molecule has 0 aromatic heterocycles. The number of carbonyl (C=O) groups excluding carboxylic acids is 1. The van der Waals surface area contributed by atoms with E-state index >= 15 is 0 Å². The van der Waals surface area contributed by atoms with Gasteiger partial charge in [-0.15, -0.1) is 11.8 Å². The number of hydrogen-bond acceptors (Lipinski definition) is 3. The molecule has 1 aliphatic rings. The molecule has 0 saturated carbocycles. The standard InChI is InChI=1S/C16H23NO2S/c1-12-3-5-14(6-4-12)20-10-8-16(19)17-9-7-15(18)13(2)11-17/h3-6,13,15,18H,7-11H2,1-2H3. The summed E-state index contributed by atoms with van der Waals surface area (Å²) in [5, 5.41) is 9.68. The molecule has 3 nitrogen and oxygen atoms in total. The van der Waals surface area contributed by atoms with Gasteiger partial charge in [-0.3, -0.25) is 4.79 Å². The van der Waals surface area contributed by atoms with Gasteiger partial charge in [0.2, 0.25) is 5.91 Å². The molecule has 0 radical (unpaired) electrons. The Bertz CT molecular complexity index is 446. The van der Waals surface area contributed by atoms with Crippen molar-refractivity contribution < 1.29 is 9.90 Å². The van der Waals surface area contributed by atoms with Gasteiger partial charge in [0.05, 0.1) is 6.10 Å². The van der Waals surface area contributed by atoms with E-state index in [1.54, 1.807) is 11.8 Å². The second-order valence-electron chi connectivity index (χ2n) is 5.58. The lowest BCUT2D eigenvalue weighted by Gasteiger charge is -2.34. The zero-order chi connectivity index (χ0) is 14.5. The van der Waals surface area contributed by atoms with Gasteiger partial charge < -0.3 is 10.0 Å². The molecular weight excluding hydrogens is 270 g/mol. The summed E-state index contributed by atoms with van der Waals surface area (Å²) in [5.41, 5.74) is 1.26. The van der Waals surface area contributed by atoms with Crippen LogP contribution in [0, 0.1) is 12.8 Å². The van der Waals surface area contributed by atoms with Gasteiger partial charge in [0, 0.05) is 30.2 Å². The van der Waals surface area contributed by atoms with Crippen LogP contribution in [-0.4, -0.2) is 40.9 Å². The molecule has 0 aliphatic carbocycles. The van der Waals surface area contributed by atoms with Gasteiger partial charge in [0.1, 0.15) is 0 Å². The Balaban J connectivity index is 1.74. The number of aryl methyl sites for hydroxylation is 1. The smallest absolute Gasteiger partial charge is 0.223 e. The van der Waals surface area contributed by atoms with Crippen LogP contribution in [0.5, 0.6) is 0 Å². The fourth-order valence-corrected chi connectivity index (χ4v) is 3.25. The van der Waals surface area contributed by atoms with E-state index in [9.17, 15) is 9.90 Å². The SMILES string of the molecule is Cc1ccc(SCCC(=O)N2CCC(O)C(C)C2)cc1. The Morgan fingerprint density at radius 3 is 2.75 bits per heavy atom. The summed E-state index contributed by atoms with van der Waals surface area (Å²) in [4.78, 5) is 15.2. The van der Waals surface area contributed by atoms with E-state index in [0.717, 1.165) is 5.75 Å². The Hall–Kier alpha value is -1.00. The number of nitrogens with zero attached hydrogens (tertiary/aromatic N) is 1. The minimum absolute atomic E-state index is 0.192. The van der Waals surface area contributed by atoms with Crippen LogP contribution >= 0.6 is 11.8 Å². The average molecular weight is 293 g/mol. The number of likely N-dealkylation sites (tertiary alicyclic amines) is 1. The van der Waals surface area contributed by atoms with Gasteiger partial charge in [-0.2, -0.15) is 0 Å². The summed E-state index contributed by atoms with van der Waals surface area (Å²) in [6, 6.07) is 8.39. The van der Waals surface area contributed by atoms with Crippen molar-refractivity contribution in [2.75, 3.05) is 18.8 Å². The van der Waals surface area contributed by atoms with Crippen molar-refractivity contribution in [3.05, 3.63) is 29.8 Å². The number of hydrogen-bond donors (Lipinski definition) is 1. The molecule has 110 valence electrons. The molecule has 2 atom stereocenters. The second kappa shape index (κ2) is 7.14. The predicted molar refractivity (Wildman–Crippen MR) is 82.9 cm³/mol. The van der Waals surface area contributed by atoms with E-state index in [1.165, 1.54) is 10.5 Å². The highest BCUT2D eigenvalue weighted by molar-refractivity contribution is 7.99. The number of rotatable bonds is 4. The molecule has 0 spiro atoms. The topological polar surface area (TPSA) is 40.5 Å². The summed E-state index contributed by atoms with van der Waals surface area (Å²) in [7, 11) is 0. The number of thioether (sulfide) groups is 1. The first-order valence-corrected chi connectivity index (χ1v) is 8.20. The van der Waals surface area contributed by atoms with Crippen molar-refractivity contribution in [3.63, 3.8) is 0 Å². The third-order valence-corrected chi connectivity index (χ3v) is 4.83. The van der Waals surface area contributed by atoms with E-state index in [-0.39, 0.29) is 17.9 Å². The van der Waals surface area contributed by atoms with Crippen molar-refractivity contribution in [1.29, 1.82) is 0 Å². The van der Waals surface area contributed by atoms with Crippen LogP contribution in [0.3, 0.4) is 0 Å². The van der Waals surface area contributed by atoms with Gasteiger partial charge in [-0.1, -0.05) is 24.6 Å². The Morgan fingerprint density at radius 1 is 1.40 bits per heavy atom. The molecule has 2 unspecified atom stereocenters. The number of aliphatic hydroxyl groups excluding tert-OH is 1. The Kier molecular flexibility index (Phi) is 5.49. The Morgan fingerprint density at radius 2 is 2.10 bits per heavy atom. The highest BCUT2D eigenvalue weighted by Gasteiger charge is 2.26. The average Bonchev–Trinajstić information content (AvgIpc) is 2.44. The maximum absolute atomic E-state index is 12.1. The van der Waals surface area contributed by atoms with Gasteiger partial charge in [0.25, 0.3) is 0 Å². The summed E-state index contributed by atoms with van der Waals surface area (Å²) in [6.45, 7) is 5.46. The first-order chi connectivity index (χ1) is 9.56. The zero-order valence-electron chi connectivity index (χ0n) is 12.2. The highest BCUT2D eigenvalue weighted by Crippen LogP contribution is 2.21. The molecule has 1 saturated heterocycles. The van der Waals surface area contributed by atoms with Crippen LogP contribution in [0.4, 0.5) is 0 Å². The molecule has 1 amide bonds. The first-order valence-electron chi connectivity index (χ1n) is 7.21. The lowest BCUT2D eigenvalue weighted by atomic mass is 9.96. The fourth-order valence-electron chi connectivity index (χ4n) is 2.41. The monoisotopic (exact) mass is 293 g/mol. The second-order valence-corrected chi connectivity index (χ2v) is 6.75. The molecule has 4 heteroatoms. The van der Waals surface area contributed by atoms with Gasteiger partial charge in [0.15, 0.2) is 0 Å². The van der Waals surface area contributed by atoms with Crippen LogP contribution in [-0.2, 0) is 4.79 Å². The van der Waals surface area contributed by atoms with Crippen LogP contribution in [0.1, 0.15) is 25.3 Å². The summed E-state index contributed by atoms with van der Waals surface area (Å²) in [5.74, 6) is 1.22. The van der Waals surface area contributed by atoms with Crippen LogP contribution in [0.2, 0.25) is 0 Å². The van der Waals surface area contributed by atoms with Crippen LogP contribution in [0.25, 0.3) is 0 Å². The lowest BCUT2D eigenvalue weighted by molar-refractivity contribution is -0.134. The van der Waals surface area contributed by atoms with E-state index in [1.807, 2.05) is 11.8 Å². The summed E-state index contributed by atoms with van der Waals surface area (Å²) >= 11 is 1.73. The number of benzene rings is 1. The normalized spacial score (nSPS) is 22.9. The molecule has 1 aromatic rings. The third kappa shape index (κ3) is 4.25. The number of aliphatic hydroxyl groups is 1. The minimum atomic E-state index is -0.249. The molecule has 1 heterocycles. The van der Waals surface area contributed by atoms with Crippen molar-refractivity contribution in [2.24, 2.45) is 5.92 Å². The number of piperidine rings is 1. The Labute approximate surface area is 125 Å². The molecular formula is C16H23NO2S. The lowest BCUT2D eigenvalue weighted by Crippen LogP contribution is -2.45. The molecule has 2 rings (SSSR count). The largest absolute Gasteiger partial charge is 0.393 e. The van der Waals surface area contributed by atoms with Gasteiger partial charge in [-0.05, 0) is 31.4 Å². The number of amides is 1. The molecule has 1 N–H and O–H groups in total. The van der Waals surface area contributed by atoms with E-state index in [0.29, 0.717) is 25.9 Å². The van der Waals surface area contributed by atoms with Crippen molar-refractivity contribution in [2.45, 2.75) is 37.7 Å². The van der Waals surface area contributed by atoms with E-state index in [4.69, 9.17) is 0 Å². The van der Waals surface area contributed by atoms with E-state index in [2.05, 4.69) is 31.2 Å². The molecule has 1 fully saturated rings. The summed E-state index contributed by atoms with van der Waals surface area (Å²) < 4.78 is 0. The van der Waals surface area contributed by atoms with Crippen LogP contribution in [0.15, 0.2) is 29.2 Å². The first kappa shape index (κ1) is 15.4. The maximum atomic E-state index is 12.1. The van der Waals surface area contributed by atoms with E-state index < -0.39 is 0 Å². The van der Waals surface area contributed by atoms with Crippen LogP contribution < -0.4 is 0 Å². The molecule has 20 heavy (non-hydrogen) atoms. The van der Waals surface area contributed by atoms with Crippen molar-refractivity contribution in [3.8, 4) is 0 Å². The molecule has 0 bridgehead atoms. The van der Waals surface area contributed by atoms with Crippen molar-refractivity contribution in [1.82, 2.24) is 4.90 Å². The maximum Gasteiger partial charge on any atom is 0.223 e. The third-order valence-electron chi connectivity index (χ3n) is 3.82. The number of carbonyl (C=O) groups is 1. The fraction of sp³-hybridized carbons (Fsp3) is 0.562.